The lowest BCUT2D eigenvalue weighted by Gasteiger charge is -2.37. The van der Waals surface area contributed by atoms with E-state index in [4.69, 9.17) is 0 Å². The Labute approximate surface area is 95.8 Å². The van der Waals surface area contributed by atoms with Crippen LogP contribution >= 0.6 is 0 Å². The molecule has 0 bridgehead atoms. The first kappa shape index (κ1) is 13.8. The minimum absolute atomic E-state index is 0.251. The summed E-state index contributed by atoms with van der Waals surface area (Å²) in [6.45, 7) is 6.00. The zero-order valence-corrected chi connectivity index (χ0v) is 10.3. The van der Waals surface area contributed by atoms with E-state index in [1.807, 2.05) is 0 Å². The van der Waals surface area contributed by atoms with Crippen molar-refractivity contribution in [2.24, 2.45) is 5.41 Å². The molecule has 2 unspecified atom stereocenters. The Hall–Kier alpha value is -0.250. The second kappa shape index (κ2) is 4.94. The van der Waals surface area contributed by atoms with Gasteiger partial charge < -0.3 is 5.32 Å². The summed E-state index contributed by atoms with van der Waals surface area (Å²) < 4.78 is 36.5. The van der Waals surface area contributed by atoms with E-state index in [1.165, 1.54) is 6.42 Å². The second-order valence-electron chi connectivity index (χ2n) is 5.84. The summed E-state index contributed by atoms with van der Waals surface area (Å²) in [6, 6.07) is -0.222. The van der Waals surface area contributed by atoms with Gasteiger partial charge in [0.2, 0.25) is 0 Å². The van der Waals surface area contributed by atoms with Crippen LogP contribution in [0.5, 0.6) is 0 Å². The van der Waals surface area contributed by atoms with Crippen molar-refractivity contribution in [3.05, 3.63) is 0 Å². The van der Waals surface area contributed by atoms with E-state index in [0.717, 1.165) is 19.3 Å². The molecule has 0 aromatic heterocycles. The molecular formula is C12H22F3N. The molecule has 4 heteroatoms. The minimum atomic E-state index is -4.06. The fourth-order valence-electron chi connectivity index (χ4n) is 2.65. The standard InChI is InChI=1S/C12H22F3N/c1-9(7-12(13,14)15)16-10-5-4-6-11(2,3)8-10/h9-10,16H,4-8H2,1-3H3. The van der Waals surface area contributed by atoms with Gasteiger partial charge in [0, 0.05) is 12.1 Å². The SMILES string of the molecule is CC(CC(F)(F)F)NC1CCCC(C)(C)C1. The largest absolute Gasteiger partial charge is 0.390 e. The molecule has 2 atom stereocenters. The average molecular weight is 237 g/mol. The van der Waals surface area contributed by atoms with Crippen LogP contribution in [-0.4, -0.2) is 18.3 Å². The summed E-state index contributed by atoms with van der Waals surface area (Å²) in [7, 11) is 0. The third-order valence-electron chi connectivity index (χ3n) is 3.26. The molecule has 0 aromatic carbocycles. The van der Waals surface area contributed by atoms with Gasteiger partial charge in [-0.15, -0.1) is 0 Å². The Balaban J connectivity index is 2.36. The van der Waals surface area contributed by atoms with Crippen LogP contribution in [0.3, 0.4) is 0 Å². The number of rotatable bonds is 3. The van der Waals surface area contributed by atoms with E-state index < -0.39 is 18.6 Å². The fourth-order valence-corrected chi connectivity index (χ4v) is 2.65. The molecular weight excluding hydrogens is 215 g/mol. The maximum Gasteiger partial charge on any atom is 0.390 e. The lowest BCUT2D eigenvalue weighted by Crippen LogP contribution is -2.43. The highest BCUT2D eigenvalue weighted by Gasteiger charge is 2.33. The van der Waals surface area contributed by atoms with Crippen LogP contribution in [0.15, 0.2) is 0 Å². The van der Waals surface area contributed by atoms with Crippen LogP contribution in [0.4, 0.5) is 13.2 Å². The van der Waals surface area contributed by atoms with Gasteiger partial charge in [0.1, 0.15) is 0 Å². The predicted molar refractivity (Wildman–Crippen MR) is 59.3 cm³/mol. The van der Waals surface area contributed by atoms with Crippen LogP contribution in [0.1, 0.15) is 52.9 Å². The molecule has 1 saturated carbocycles. The van der Waals surface area contributed by atoms with Gasteiger partial charge in [-0.25, -0.2) is 0 Å². The van der Waals surface area contributed by atoms with Crippen molar-refractivity contribution < 1.29 is 13.2 Å². The number of nitrogens with one attached hydrogen (secondary N) is 1. The van der Waals surface area contributed by atoms with E-state index in [9.17, 15) is 13.2 Å². The van der Waals surface area contributed by atoms with Crippen LogP contribution in [-0.2, 0) is 0 Å². The van der Waals surface area contributed by atoms with Crippen molar-refractivity contribution in [1.29, 1.82) is 0 Å². The van der Waals surface area contributed by atoms with Gasteiger partial charge in [0.15, 0.2) is 0 Å². The van der Waals surface area contributed by atoms with Crippen molar-refractivity contribution in [2.45, 2.75) is 71.1 Å². The van der Waals surface area contributed by atoms with Gasteiger partial charge in [-0.2, -0.15) is 13.2 Å². The van der Waals surface area contributed by atoms with Crippen LogP contribution < -0.4 is 5.32 Å². The highest BCUT2D eigenvalue weighted by Crippen LogP contribution is 2.35. The van der Waals surface area contributed by atoms with Crippen molar-refractivity contribution in [1.82, 2.24) is 5.32 Å². The van der Waals surface area contributed by atoms with Crippen LogP contribution in [0, 0.1) is 5.41 Å². The summed E-state index contributed by atoms with van der Waals surface area (Å²) in [5.74, 6) is 0. The molecule has 96 valence electrons. The molecule has 0 aliphatic heterocycles. The average Bonchev–Trinajstić information content (AvgIpc) is 1.96. The number of hydrogen-bond donors (Lipinski definition) is 1. The van der Waals surface area contributed by atoms with E-state index in [2.05, 4.69) is 19.2 Å². The first-order chi connectivity index (χ1) is 7.18. The number of halogens is 3. The Morgan fingerprint density at radius 3 is 2.50 bits per heavy atom. The quantitative estimate of drug-likeness (QED) is 0.785. The molecule has 1 nitrogen and oxygen atoms in total. The third-order valence-corrected chi connectivity index (χ3v) is 3.26. The van der Waals surface area contributed by atoms with Crippen molar-refractivity contribution >= 4 is 0 Å². The van der Waals surface area contributed by atoms with Gasteiger partial charge in [-0.1, -0.05) is 20.3 Å². The molecule has 1 fully saturated rings. The van der Waals surface area contributed by atoms with Crippen LogP contribution in [0.2, 0.25) is 0 Å². The zero-order valence-electron chi connectivity index (χ0n) is 10.3. The molecule has 0 radical (unpaired) electrons. The molecule has 16 heavy (non-hydrogen) atoms. The Kier molecular flexibility index (Phi) is 4.27. The van der Waals surface area contributed by atoms with Gasteiger partial charge in [0.05, 0.1) is 6.42 Å². The van der Waals surface area contributed by atoms with Gasteiger partial charge in [-0.05, 0) is 31.6 Å². The molecule has 0 spiro atoms. The molecule has 0 amide bonds. The zero-order chi connectivity index (χ0) is 12.4. The monoisotopic (exact) mass is 237 g/mol. The first-order valence-corrected chi connectivity index (χ1v) is 6.01. The Morgan fingerprint density at radius 1 is 1.38 bits per heavy atom. The summed E-state index contributed by atoms with van der Waals surface area (Å²) in [6.07, 6.45) is -0.510. The van der Waals surface area contributed by atoms with Crippen molar-refractivity contribution in [3.63, 3.8) is 0 Å². The Morgan fingerprint density at radius 2 is 2.00 bits per heavy atom. The first-order valence-electron chi connectivity index (χ1n) is 6.01. The fraction of sp³-hybridized carbons (Fsp3) is 1.00. The topological polar surface area (TPSA) is 12.0 Å². The van der Waals surface area contributed by atoms with E-state index in [-0.39, 0.29) is 11.5 Å². The summed E-state index contributed by atoms with van der Waals surface area (Å²) in [4.78, 5) is 0. The molecule has 1 aliphatic carbocycles. The van der Waals surface area contributed by atoms with E-state index in [0.29, 0.717) is 0 Å². The maximum atomic E-state index is 12.2. The third kappa shape index (κ3) is 5.19. The normalized spacial score (nSPS) is 27.8. The number of hydrogen-bond acceptors (Lipinski definition) is 1. The second-order valence-corrected chi connectivity index (χ2v) is 5.84. The number of alkyl halides is 3. The lowest BCUT2D eigenvalue weighted by atomic mass is 9.75. The summed E-state index contributed by atoms with van der Waals surface area (Å²) in [5.41, 5.74) is 0.272. The van der Waals surface area contributed by atoms with E-state index in [1.54, 1.807) is 6.92 Å². The highest BCUT2D eigenvalue weighted by atomic mass is 19.4. The smallest absolute Gasteiger partial charge is 0.311 e. The summed E-state index contributed by atoms with van der Waals surface area (Å²) >= 11 is 0. The van der Waals surface area contributed by atoms with Gasteiger partial charge in [0.25, 0.3) is 0 Å². The predicted octanol–water partition coefficient (Wildman–Crippen LogP) is 3.89. The van der Waals surface area contributed by atoms with Gasteiger partial charge in [-0.3, -0.25) is 0 Å². The highest BCUT2D eigenvalue weighted by molar-refractivity contribution is 4.85. The molecule has 1 aliphatic rings. The maximum absolute atomic E-state index is 12.2. The van der Waals surface area contributed by atoms with Crippen molar-refractivity contribution in [2.75, 3.05) is 0 Å². The molecule has 0 heterocycles. The molecule has 0 aromatic rings. The van der Waals surface area contributed by atoms with Crippen LogP contribution in [0.25, 0.3) is 0 Å². The van der Waals surface area contributed by atoms with Gasteiger partial charge >= 0.3 is 6.18 Å². The molecule has 1 rings (SSSR count). The summed E-state index contributed by atoms with van der Waals surface area (Å²) in [5, 5.41) is 3.11. The minimum Gasteiger partial charge on any atom is -0.311 e. The van der Waals surface area contributed by atoms with Crippen molar-refractivity contribution in [3.8, 4) is 0 Å². The lowest BCUT2D eigenvalue weighted by molar-refractivity contribution is -0.139. The van der Waals surface area contributed by atoms with E-state index >= 15 is 0 Å². The Bertz CT molecular complexity index is 223. The molecule has 1 N–H and O–H groups in total. The molecule has 0 saturated heterocycles.